The maximum Gasteiger partial charge on any atom is 0.242 e. The fraction of sp³-hybridized carbons (Fsp3) is 0.895. The maximum atomic E-state index is 12.5. The minimum Gasteiger partial charge on any atom is -0.347 e. The number of carbonyl (C=O) groups excluding carboxylic acids is 2. The molecular formula is C19H32ClN3O2. The van der Waals surface area contributed by atoms with Crippen LogP contribution in [0.3, 0.4) is 0 Å². The van der Waals surface area contributed by atoms with Gasteiger partial charge in [0.2, 0.25) is 11.8 Å². The molecule has 4 saturated carbocycles. The van der Waals surface area contributed by atoms with Crippen molar-refractivity contribution in [2.45, 2.75) is 57.9 Å². The van der Waals surface area contributed by atoms with E-state index >= 15 is 0 Å². The monoisotopic (exact) mass is 369 g/mol. The van der Waals surface area contributed by atoms with Crippen LogP contribution in [0.15, 0.2) is 0 Å². The van der Waals surface area contributed by atoms with Gasteiger partial charge < -0.3 is 15.5 Å². The topological polar surface area (TPSA) is 61.4 Å². The Morgan fingerprint density at radius 3 is 2.28 bits per heavy atom. The summed E-state index contributed by atoms with van der Waals surface area (Å²) in [5.74, 6) is 2.75. The second-order valence-corrected chi connectivity index (χ2v) is 9.07. The number of nitrogens with zero attached hydrogens (tertiary/aromatic N) is 1. The molecule has 0 aromatic rings. The first-order valence-electron chi connectivity index (χ1n) is 9.79. The van der Waals surface area contributed by atoms with E-state index in [-0.39, 0.29) is 36.2 Å². The van der Waals surface area contributed by atoms with Crippen molar-refractivity contribution in [3.63, 3.8) is 0 Å². The van der Waals surface area contributed by atoms with E-state index in [4.69, 9.17) is 0 Å². The molecule has 1 heterocycles. The molecule has 4 bridgehead atoms. The molecule has 1 aliphatic heterocycles. The Kier molecular flexibility index (Phi) is 5.64. The van der Waals surface area contributed by atoms with Gasteiger partial charge in [0.05, 0.1) is 6.54 Å². The number of carbonyl (C=O) groups is 2. The molecule has 1 atom stereocenters. The number of nitrogens with one attached hydrogen (secondary N) is 2. The van der Waals surface area contributed by atoms with E-state index in [1.807, 2.05) is 4.90 Å². The van der Waals surface area contributed by atoms with Crippen LogP contribution in [-0.2, 0) is 9.59 Å². The predicted molar refractivity (Wildman–Crippen MR) is 99.5 cm³/mol. The molecule has 6 heteroatoms. The van der Waals surface area contributed by atoms with Crippen molar-refractivity contribution in [2.75, 3.05) is 26.2 Å². The number of hydrogen-bond acceptors (Lipinski definition) is 3. The first-order valence-corrected chi connectivity index (χ1v) is 9.79. The zero-order chi connectivity index (χ0) is 16.7. The standard InChI is InChI=1S/C19H31N3O2.ClH/c1-13-12-22(3-2-20-13)18(24)11-21-17(23)10-19-7-14-4-15(8-19)6-16(5-14)9-19;/h13-16,20H,2-12H2,1H3,(H,21,23);1H. The minimum atomic E-state index is 0. The van der Waals surface area contributed by atoms with E-state index in [2.05, 4.69) is 17.6 Å². The summed E-state index contributed by atoms with van der Waals surface area (Å²) >= 11 is 0. The van der Waals surface area contributed by atoms with Crippen molar-refractivity contribution in [3.8, 4) is 0 Å². The molecular weight excluding hydrogens is 338 g/mol. The van der Waals surface area contributed by atoms with Gasteiger partial charge in [0, 0.05) is 32.1 Å². The smallest absolute Gasteiger partial charge is 0.242 e. The second-order valence-electron chi connectivity index (χ2n) is 9.07. The SMILES string of the molecule is CC1CN(C(=O)CNC(=O)CC23CC4CC(CC(C4)C2)C3)CCN1.Cl. The molecule has 2 N–H and O–H groups in total. The van der Waals surface area contributed by atoms with E-state index in [0.29, 0.717) is 12.5 Å². The molecule has 5 fully saturated rings. The first-order chi connectivity index (χ1) is 11.5. The highest BCUT2D eigenvalue weighted by molar-refractivity contribution is 5.85. The van der Waals surface area contributed by atoms with Gasteiger partial charge in [-0.3, -0.25) is 9.59 Å². The van der Waals surface area contributed by atoms with Gasteiger partial charge in [0.25, 0.3) is 0 Å². The summed E-state index contributed by atoms with van der Waals surface area (Å²) in [7, 11) is 0. The van der Waals surface area contributed by atoms with Crippen molar-refractivity contribution in [2.24, 2.45) is 23.2 Å². The quantitative estimate of drug-likeness (QED) is 0.796. The lowest BCUT2D eigenvalue weighted by Gasteiger charge is -2.56. The molecule has 4 aliphatic carbocycles. The normalized spacial score (nSPS) is 39.0. The van der Waals surface area contributed by atoms with Crippen LogP contribution in [0.2, 0.25) is 0 Å². The fourth-order valence-electron chi connectivity index (χ4n) is 6.35. The van der Waals surface area contributed by atoms with Gasteiger partial charge in [-0.15, -0.1) is 12.4 Å². The van der Waals surface area contributed by atoms with E-state index in [9.17, 15) is 9.59 Å². The third-order valence-electron chi connectivity index (χ3n) is 6.86. The summed E-state index contributed by atoms with van der Waals surface area (Å²) in [6.07, 6.45) is 8.59. The maximum absolute atomic E-state index is 12.5. The molecule has 0 aromatic heterocycles. The van der Waals surface area contributed by atoms with Gasteiger partial charge in [-0.05, 0) is 68.6 Å². The van der Waals surface area contributed by atoms with Crippen molar-refractivity contribution in [1.29, 1.82) is 0 Å². The average molecular weight is 370 g/mol. The third-order valence-corrected chi connectivity index (χ3v) is 6.86. The second kappa shape index (κ2) is 7.43. The number of halogens is 1. The molecule has 25 heavy (non-hydrogen) atoms. The Morgan fingerprint density at radius 1 is 1.12 bits per heavy atom. The van der Waals surface area contributed by atoms with E-state index in [1.165, 1.54) is 38.5 Å². The predicted octanol–water partition coefficient (Wildman–Crippen LogP) is 1.95. The van der Waals surface area contributed by atoms with Crippen LogP contribution in [0.4, 0.5) is 0 Å². The van der Waals surface area contributed by atoms with Gasteiger partial charge in [-0.1, -0.05) is 0 Å². The summed E-state index contributed by atoms with van der Waals surface area (Å²) in [6.45, 7) is 4.58. The first kappa shape index (κ1) is 19.0. The molecule has 0 aromatic carbocycles. The van der Waals surface area contributed by atoms with E-state index in [1.54, 1.807) is 0 Å². The van der Waals surface area contributed by atoms with Crippen molar-refractivity contribution >= 4 is 24.2 Å². The molecule has 5 aliphatic rings. The highest BCUT2D eigenvalue weighted by atomic mass is 35.5. The number of rotatable bonds is 4. The fourth-order valence-corrected chi connectivity index (χ4v) is 6.35. The Labute approximate surface area is 157 Å². The van der Waals surface area contributed by atoms with Gasteiger partial charge in [0.15, 0.2) is 0 Å². The summed E-state index contributed by atoms with van der Waals surface area (Å²) in [5, 5.41) is 6.25. The van der Waals surface area contributed by atoms with E-state index < -0.39 is 0 Å². The summed E-state index contributed by atoms with van der Waals surface area (Å²) in [6, 6.07) is 0.338. The minimum absolute atomic E-state index is 0. The summed E-state index contributed by atoms with van der Waals surface area (Å²) in [4.78, 5) is 26.6. The summed E-state index contributed by atoms with van der Waals surface area (Å²) < 4.78 is 0. The number of amides is 2. The lowest BCUT2D eigenvalue weighted by molar-refractivity contribution is -0.136. The zero-order valence-electron chi connectivity index (χ0n) is 15.3. The van der Waals surface area contributed by atoms with Gasteiger partial charge >= 0.3 is 0 Å². The molecule has 2 amide bonds. The number of hydrogen-bond donors (Lipinski definition) is 2. The van der Waals surface area contributed by atoms with Crippen molar-refractivity contribution in [1.82, 2.24) is 15.5 Å². The molecule has 142 valence electrons. The lowest BCUT2D eigenvalue weighted by atomic mass is 9.49. The largest absolute Gasteiger partial charge is 0.347 e. The zero-order valence-corrected chi connectivity index (χ0v) is 16.1. The molecule has 0 radical (unpaired) electrons. The van der Waals surface area contributed by atoms with Gasteiger partial charge in [-0.2, -0.15) is 0 Å². The highest BCUT2D eigenvalue weighted by Crippen LogP contribution is 2.61. The van der Waals surface area contributed by atoms with Crippen LogP contribution in [0.5, 0.6) is 0 Å². The molecule has 1 unspecified atom stereocenters. The van der Waals surface area contributed by atoms with Gasteiger partial charge in [0.1, 0.15) is 0 Å². The van der Waals surface area contributed by atoms with E-state index in [0.717, 1.165) is 37.4 Å². The molecule has 5 nitrogen and oxygen atoms in total. The molecule has 1 saturated heterocycles. The number of piperazine rings is 1. The van der Waals surface area contributed by atoms with Crippen molar-refractivity contribution in [3.05, 3.63) is 0 Å². The third kappa shape index (κ3) is 4.13. The lowest BCUT2D eigenvalue weighted by Crippen LogP contribution is -2.53. The van der Waals surface area contributed by atoms with Crippen LogP contribution in [0.25, 0.3) is 0 Å². The van der Waals surface area contributed by atoms with Crippen LogP contribution in [0, 0.1) is 23.2 Å². The molecule has 0 spiro atoms. The Morgan fingerprint density at radius 2 is 1.72 bits per heavy atom. The van der Waals surface area contributed by atoms with Crippen LogP contribution < -0.4 is 10.6 Å². The highest BCUT2D eigenvalue weighted by Gasteiger charge is 2.51. The average Bonchev–Trinajstić information content (AvgIpc) is 2.50. The Hall–Kier alpha value is -0.810. The van der Waals surface area contributed by atoms with Gasteiger partial charge in [-0.25, -0.2) is 0 Å². The molecule has 5 rings (SSSR count). The Bertz CT molecular complexity index is 490. The van der Waals surface area contributed by atoms with Crippen molar-refractivity contribution < 1.29 is 9.59 Å². The van der Waals surface area contributed by atoms with Crippen LogP contribution in [0.1, 0.15) is 51.9 Å². The van der Waals surface area contributed by atoms with Crippen LogP contribution >= 0.6 is 12.4 Å². The summed E-state index contributed by atoms with van der Waals surface area (Å²) in [5.41, 5.74) is 0.255. The van der Waals surface area contributed by atoms with Crippen LogP contribution in [-0.4, -0.2) is 48.9 Å². The Balaban J connectivity index is 0.00000182.